The zero-order valence-corrected chi connectivity index (χ0v) is 12.3. The second-order valence-corrected chi connectivity index (χ2v) is 3.97. The molecule has 0 aliphatic carbocycles. The molecule has 0 amide bonds. The topological polar surface area (TPSA) is 38.0 Å². The fourth-order valence-electron chi connectivity index (χ4n) is 1.32. The van der Waals surface area contributed by atoms with Crippen LogP contribution in [0.3, 0.4) is 0 Å². The average Bonchev–Trinajstić information content (AvgIpc) is 2.45. The Balaban J connectivity index is 0.00000172. The number of halogens is 4. The van der Waals surface area contributed by atoms with E-state index in [1.165, 1.54) is 0 Å². The first-order chi connectivity index (χ1) is 9.41. The first kappa shape index (κ1) is 18.6. The lowest BCUT2D eigenvalue weighted by Crippen LogP contribution is -2.17. The van der Waals surface area contributed by atoms with Crippen LogP contribution in [0.2, 0.25) is 0 Å². The molecule has 0 aliphatic heterocycles. The second-order valence-electron chi connectivity index (χ2n) is 3.53. The van der Waals surface area contributed by atoms with Gasteiger partial charge in [-0.1, -0.05) is 20.4 Å². The van der Waals surface area contributed by atoms with Crippen molar-refractivity contribution in [2.24, 2.45) is 0 Å². The van der Waals surface area contributed by atoms with Crippen molar-refractivity contribution >= 4 is 24.0 Å². The number of thiol groups is 1. The van der Waals surface area contributed by atoms with E-state index in [0.29, 0.717) is 18.7 Å². The SMILES string of the molecule is C=C(NCCCS)c1c(F)c(F)c(N)c(F)c1F.CC. The molecule has 0 saturated heterocycles. The number of rotatable bonds is 5. The number of nitrogen functional groups attached to an aromatic ring is 1. The molecular formula is C13H18F4N2S. The maximum Gasteiger partial charge on any atom is 0.185 e. The van der Waals surface area contributed by atoms with Gasteiger partial charge in [0.05, 0.1) is 5.56 Å². The standard InChI is InChI=1S/C11H12F4N2S.C2H6/c1-5(17-3-2-4-18)6-7(12)9(14)11(16)10(15)8(6)13;1-2/h17-18H,1-4,16H2;1-2H3. The first-order valence-corrected chi connectivity index (χ1v) is 6.70. The highest BCUT2D eigenvalue weighted by atomic mass is 32.1. The van der Waals surface area contributed by atoms with Gasteiger partial charge in [-0.05, 0) is 12.2 Å². The van der Waals surface area contributed by atoms with Crippen LogP contribution in [-0.4, -0.2) is 12.3 Å². The van der Waals surface area contributed by atoms with E-state index in [1.807, 2.05) is 13.8 Å². The zero-order chi connectivity index (χ0) is 15.9. The highest BCUT2D eigenvalue weighted by molar-refractivity contribution is 7.80. The fourth-order valence-corrected chi connectivity index (χ4v) is 1.48. The molecule has 0 fully saturated rings. The van der Waals surface area contributed by atoms with Crippen LogP contribution in [0.5, 0.6) is 0 Å². The summed E-state index contributed by atoms with van der Waals surface area (Å²) in [6.45, 7) is 7.67. The smallest absolute Gasteiger partial charge is 0.185 e. The van der Waals surface area contributed by atoms with Crippen LogP contribution in [0, 0.1) is 23.3 Å². The maximum atomic E-state index is 13.5. The number of hydrogen-bond acceptors (Lipinski definition) is 3. The van der Waals surface area contributed by atoms with E-state index in [1.54, 1.807) is 0 Å². The minimum Gasteiger partial charge on any atom is -0.394 e. The van der Waals surface area contributed by atoms with Crippen molar-refractivity contribution in [2.75, 3.05) is 18.0 Å². The molecule has 2 nitrogen and oxygen atoms in total. The van der Waals surface area contributed by atoms with Gasteiger partial charge in [0.1, 0.15) is 5.69 Å². The zero-order valence-electron chi connectivity index (χ0n) is 11.4. The summed E-state index contributed by atoms with van der Waals surface area (Å²) in [6, 6.07) is 0. The molecule has 1 aromatic rings. The van der Waals surface area contributed by atoms with Crippen LogP contribution in [0.1, 0.15) is 25.8 Å². The molecule has 0 saturated carbocycles. The summed E-state index contributed by atoms with van der Waals surface area (Å²) in [5.74, 6) is -5.82. The Morgan fingerprint density at radius 2 is 1.55 bits per heavy atom. The molecule has 7 heteroatoms. The molecule has 0 radical (unpaired) electrons. The predicted molar refractivity (Wildman–Crippen MR) is 77.5 cm³/mol. The van der Waals surface area contributed by atoms with Crippen LogP contribution in [0.4, 0.5) is 23.2 Å². The quantitative estimate of drug-likeness (QED) is 0.255. The summed E-state index contributed by atoms with van der Waals surface area (Å²) in [4.78, 5) is 0. The summed E-state index contributed by atoms with van der Waals surface area (Å²) in [5, 5.41) is 2.56. The van der Waals surface area contributed by atoms with Gasteiger partial charge in [0.15, 0.2) is 23.3 Å². The van der Waals surface area contributed by atoms with Gasteiger partial charge in [0.2, 0.25) is 0 Å². The Kier molecular flexibility index (Phi) is 8.13. The predicted octanol–water partition coefficient (Wildman–Crippen LogP) is 3.73. The van der Waals surface area contributed by atoms with Gasteiger partial charge in [-0.15, -0.1) is 0 Å². The number of anilines is 1. The molecule has 20 heavy (non-hydrogen) atoms. The molecule has 1 rings (SSSR count). The van der Waals surface area contributed by atoms with Crippen LogP contribution in [0.15, 0.2) is 6.58 Å². The van der Waals surface area contributed by atoms with Crippen molar-refractivity contribution in [3.8, 4) is 0 Å². The molecule has 114 valence electrons. The Hall–Kier alpha value is -1.37. The van der Waals surface area contributed by atoms with Gasteiger partial charge < -0.3 is 11.1 Å². The monoisotopic (exact) mass is 310 g/mol. The van der Waals surface area contributed by atoms with E-state index in [4.69, 9.17) is 5.73 Å². The van der Waals surface area contributed by atoms with Crippen LogP contribution < -0.4 is 11.1 Å². The average molecular weight is 310 g/mol. The Morgan fingerprint density at radius 3 is 1.95 bits per heavy atom. The van der Waals surface area contributed by atoms with Gasteiger partial charge >= 0.3 is 0 Å². The van der Waals surface area contributed by atoms with E-state index in [-0.39, 0.29) is 5.70 Å². The minimum absolute atomic E-state index is 0.246. The molecule has 0 spiro atoms. The van der Waals surface area contributed by atoms with Crippen molar-refractivity contribution in [1.82, 2.24) is 5.32 Å². The summed E-state index contributed by atoms with van der Waals surface area (Å²) in [5.41, 5.74) is 2.58. The molecule has 0 aliphatic rings. The number of benzene rings is 1. The van der Waals surface area contributed by atoms with Gasteiger partial charge in [0, 0.05) is 12.2 Å². The Labute approximate surface area is 121 Å². The van der Waals surface area contributed by atoms with E-state index in [2.05, 4.69) is 24.5 Å². The molecule has 0 bridgehead atoms. The lowest BCUT2D eigenvalue weighted by molar-refractivity contribution is 0.455. The van der Waals surface area contributed by atoms with Crippen molar-refractivity contribution < 1.29 is 17.6 Å². The number of hydrogen-bond donors (Lipinski definition) is 3. The maximum absolute atomic E-state index is 13.5. The third kappa shape index (κ3) is 4.06. The molecule has 0 heterocycles. The van der Waals surface area contributed by atoms with Gasteiger partial charge in [0.25, 0.3) is 0 Å². The highest BCUT2D eigenvalue weighted by Crippen LogP contribution is 2.28. The van der Waals surface area contributed by atoms with Crippen molar-refractivity contribution in [3.05, 3.63) is 35.4 Å². The highest BCUT2D eigenvalue weighted by Gasteiger charge is 2.25. The molecule has 1 aromatic carbocycles. The number of nitrogens with two attached hydrogens (primary N) is 1. The van der Waals surface area contributed by atoms with Crippen LogP contribution in [0.25, 0.3) is 5.70 Å². The van der Waals surface area contributed by atoms with Crippen LogP contribution >= 0.6 is 12.6 Å². The Bertz CT molecular complexity index is 449. The third-order valence-corrected chi connectivity index (χ3v) is 2.59. The lowest BCUT2D eigenvalue weighted by atomic mass is 10.1. The molecule has 0 unspecified atom stereocenters. The van der Waals surface area contributed by atoms with E-state index in [9.17, 15) is 17.6 Å². The van der Waals surface area contributed by atoms with Crippen molar-refractivity contribution in [1.29, 1.82) is 0 Å². The second kappa shape index (κ2) is 8.73. The number of nitrogens with one attached hydrogen (secondary N) is 1. The molecular weight excluding hydrogens is 292 g/mol. The summed E-state index contributed by atoms with van der Waals surface area (Å²) >= 11 is 3.94. The summed E-state index contributed by atoms with van der Waals surface area (Å²) in [6.07, 6.45) is 0.602. The molecule has 3 N–H and O–H groups in total. The summed E-state index contributed by atoms with van der Waals surface area (Å²) < 4.78 is 53.4. The van der Waals surface area contributed by atoms with Crippen molar-refractivity contribution in [3.63, 3.8) is 0 Å². The Morgan fingerprint density at radius 1 is 1.10 bits per heavy atom. The minimum atomic E-state index is -1.62. The fraction of sp³-hybridized carbons (Fsp3) is 0.385. The van der Waals surface area contributed by atoms with Crippen LogP contribution in [-0.2, 0) is 0 Å². The lowest BCUT2D eigenvalue weighted by Gasteiger charge is -2.13. The molecule has 0 aromatic heterocycles. The third-order valence-electron chi connectivity index (χ3n) is 2.27. The van der Waals surface area contributed by atoms with Gasteiger partial charge in [-0.25, -0.2) is 17.6 Å². The van der Waals surface area contributed by atoms with E-state index < -0.39 is 34.5 Å². The first-order valence-electron chi connectivity index (χ1n) is 6.07. The van der Waals surface area contributed by atoms with E-state index in [0.717, 1.165) is 0 Å². The van der Waals surface area contributed by atoms with E-state index >= 15 is 0 Å². The largest absolute Gasteiger partial charge is 0.394 e. The van der Waals surface area contributed by atoms with Crippen molar-refractivity contribution in [2.45, 2.75) is 20.3 Å². The van der Waals surface area contributed by atoms with Gasteiger partial charge in [-0.3, -0.25) is 0 Å². The molecule has 0 atom stereocenters. The summed E-state index contributed by atoms with van der Waals surface area (Å²) in [7, 11) is 0. The van der Waals surface area contributed by atoms with Gasteiger partial charge in [-0.2, -0.15) is 12.6 Å². The normalized spacial score (nSPS) is 9.75.